The molecule has 0 saturated heterocycles. The zero-order chi connectivity index (χ0) is 11.7. The normalized spacial score (nSPS) is 9.65. The number of hydrogen-bond donors (Lipinski definition) is 2. The van der Waals surface area contributed by atoms with Gasteiger partial charge in [-0.2, -0.15) is 0 Å². The molecule has 2 aromatic rings. The van der Waals surface area contributed by atoms with E-state index in [1.54, 1.807) is 12.1 Å². The molecule has 2 N–H and O–H groups in total. The van der Waals surface area contributed by atoms with Crippen LogP contribution in [0.25, 0.3) is 10.8 Å². The molecule has 88 valence electrons. The van der Waals surface area contributed by atoms with Gasteiger partial charge in [0.1, 0.15) is 0 Å². The van der Waals surface area contributed by atoms with Gasteiger partial charge in [0.2, 0.25) is 0 Å². The molecule has 0 aliphatic carbocycles. The van der Waals surface area contributed by atoms with Crippen molar-refractivity contribution in [3.63, 3.8) is 0 Å². The number of hydrogen-bond acceptors (Lipinski definition) is 2. The third-order valence-electron chi connectivity index (χ3n) is 2.33. The van der Waals surface area contributed by atoms with Gasteiger partial charge in [0.25, 0.3) is 0 Å². The Hall–Kier alpha value is -1.84. The molecule has 0 aliphatic rings. The largest absolute Gasteiger partial charge is 0.478 e. The fraction of sp³-hybridized carbons (Fsp3) is 0. The fourth-order valence-electron chi connectivity index (χ4n) is 1.51. The van der Waals surface area contributed by atoms with Gasteiger partial charge in [-0.05, 0) is 35.0 Å². The van der Waals surface area contributed by atoms with Crippen LogP contribution in [0.1, 0.15) is 20.7 Å². The van der Waals surface area contributed by atoms with Crippen molar-refractivity contribution in [3.05, 3.63) is 47.5 Å². The summed E-state index contributed by atoms with van der Waals surface area (Å²) in [6.45, 7) is 0. The van der Waals surface area contributed by atoms with Crippen LogP contribution in [-0.2, 0) is 17.1 Å². The summed E-state index contributed by atoms with van der Waals surface area (Å²) in [4.78, 5) is 21.5. The molecule has 0 radical (unpaired) electrons. The van der Waals surface area contributed by atoms with Crippen LogP contribution in [0.2, 0.25) is 0 Å². The van der Waals surface area contributed by atoms with E-state index in [4.69, 9.17) is 10.2 Å². The van der Waals surface area contributed by atoms with Crippen LogP contribution in [0.5, 0.6) is 0 Å². The van der Waals surface area contributed by atoms with Crippen molar-refractivity contribution in [3.8, 4) is 0 Å². The van der Waals surface area contributed by atoms with Crippen LogP contribution in [0.3, 0.4) is 0 Å². The smallest absolute Gasteiger partial charge is 0.335 e. The Kier molecular flexibility index (Phi) is 3.88. The van der Waals surface area contributed by atoms with Crippen LogP contribution >= 0.6 is 0 Å². The van der Waals surface area contributed by atoms with Gasteiger partial charge in [-0.15, -0.1) is 0 Å². The van der Waals surface area contributed by atoms with Gasteiger partial charge in [0, 0.05) is 17.1 Å². The summed E-state index contributed by atoms with van der Waals surface area (Å²) >= 11 is 0. The molecule has 0 spiro atoms. The molecule has 0 unspecified atom stereocenters. The SMILES string of the molecule is O=C(O)c1ccc2cc(C(=O)O)ccc2c1.[Fe]. The quantitative estimate of drug-likeness (QED) is 0.822. The molecule has 0 heterocycles. The summed E-state index contributed by atoms with van der Waals surface area (Å²) in [5.74, 6) is -1.99. The van der Waals surface area contributed by atoms with Crippen molar-refractivity contribution >= 4 is 22.7 Å². The third-order valence-corrected chi connectivity index (χ3v) is 2.33. The van der Waals surface area contributed by atoms with E-state index < -0.39 is 11.9 Å². The Bertz CT molecular complexity index is 539. The maximum Gasteiger partial charge on any atom is 0.335 e. The summed E-state index contributed by atoms with van der Waals surface area (Å²) in [5.41, 5.74) is 0.381. The standard InChI is InChI=1S/C12H8O4.Fe/c13-11(14)9-3-1-7-5-10(12(15)16)4-2-8(7)6-9;/h1-6H,(H,13,14)(H,15,16);. The van der Waals surface area contributed by atoms with Gasteiger partial charge >= 0.3 is 11.9 Å². The first kappa shape index (κ1) is 13.2. The number of fused-ring (bicyclic) bond motifs is 1. The van der Waals surface area contributed by atoms with Gasteiger partial charge < -0.3 is 10.2 Å². The molecule has 2 rings (SSSR count). The van der Waals surface area contributed by atoms with E-state index in [2.05, 4.69) is 0 Å². The minimum atomic E-state index is -0.996. The number of benzene rings is 2. The summed E-state index contributed by atoms with van der Waals surface area (Å²) in [6.07, 6.45) is 0. The summed E-state index contributed by atoms with van der Waals surface area (Å²) in [7, 11) is 0. The zero-order valence-electron chi connectivity index (χ0n) is 8.53. The van der Waals surface area contributed by atoms with Gasteiger partial charge in [-0.1, -0.05) is 12.1 Å². The van der Waals surface area contributed by atoms with Crippen LogP contribution in [0, 0.1) is 0 Å². The minimum Gasteiger partial charge on any atom is -0.478 e. The molecular formula is C12H8FeO4. The molecule has 0 bridgehead atoms. The number of aromatic carboxylic acids is 2. The first-order valence-corrected chi connectivity index (χ1v) is 4.58. The first-order valence-electron chi connectivity index (χ1n) is 4.58. The van der Waals surface area contributed by atoms with Gasteiger partial charge in [0.15, 0.2) is 0 Å². The van der Waals surface area contributed by atoms with Crippen molar-refractivity contribution in [2.75, 3.05) is 0 Å². The molecule has 0 saturated carbocycles. The van der Waals surface area contributed by atoms with E-state index >= 15 is 0 Å². The van der Waals surface area contributed by atoms with E-state index in [1.807, 2.05) is 0 Å². The van der Waals surface area contributed by atoms with Gasteiger partial charge in [-0.25, -0.2) is 9.59 Å². The second kappa shape index (κ2) is 4.99. The Balaban J connectivity index is 0.00000144. The second-order valence-corrected chi connectivity index (χ2v) is 3.39. The Labute approximate surface area is 107 Å². The average molecular weight is 272 g/mol. The molecule has 0 fully saturated rings. The average Bonchev–Trinajstić information content (AvgIpc) is 2.27. The third kappa shape index (κ3) is 2.64. The second-order valence-electron chi connectivity index (χ2n) is 3.39. The van der Waals surface area contributed by atoms with Crippen molar-refractivity contribution < 1.29 is 36.9 Å². The van der Waals surface area contributed by atoms with Crippen molar-refractivity contribution in [1.29, 1.82) is 0 Å². The molecule has 0 amide bonds. The Morgan fingerprint density at radius 3 is 1.41 bits per heavy atom. The number of carboxylic acids is 2. The number of rotatable bonds is 2. The molecule has 0 atom stereocenters. The van der Waals surface area contributed by atoms with E-state index in [-0.39, 0.29) is 28.2 Å². The predicted octanol–water partition coefficient (Wildman–Crippen LogP) is 2.23. The molecular weight excluding hydrogens is 264 g/mol. The Morgan fingerprint density at radius 2 is 1.12 bits per heavy atom. The number of carbonyl (C=O) groups is 2. The van der Waals surface area contributed by atoms with Gasteiger partial charge in [-0.3, -0.25) is 0 Å². The topological polar surface area (TPSA) is 74.6 Å². The molecule has 17 heavy (non-hydrogen) atoms. The summed E-state index contributed by atoms with van der Waals surface area (Å²) in [5, 5.41) is 19.0. The predicted molar refractivity (Wildman–Crippen MR) is 57.9 cm³/mol. The molecule has 0 aromatic heterocycles. The minimum absolute atomic E-state index is 0. The maximum atomic E-state index is 10.7. The monoisotopic (exact) mass is 272 g/mol. The summed E-state index contributed by atoms with van der Waals surface area (Å²) < 4.78 is 0. The van der Waals surface area contributed by atoms with Crippen molar-refractivity contribution in [1.82, 2.24) is 0 Å². The van der Waals surface area contributed by atoms with E-state index in [9.17, 15) is 9.59 Å². The summed E-state index contributed by atoms with van der Waals surface area (Å²) in [6, 6.07) is 9.15. The molecule has 4 nitrogen and oxygen atoms in total. The van der Waals surface area contributed by atoms with Crippen LogP contribution in [0.15, 0.2) is 36.4 Å². The number of carboxylic acid groups (broad SMARTS) is 2. The van der Waals surface area contributed by atoms with Gasteiger partial charge in [0.05, 0.1) is 11.1 Å². The van der Waals surface area contributed by atoms with Crippen molar-refractivity contribution in [2.45, 2.75) is 0 Å². The van der Waals surface area contributed by atoms with Crippen LogP contribution in [0.4, 0.5) is 0 Å². The van der Waals surface area contributed by atoms with E-state index in [0.29, 0.717) is 10.8 Å². The fourth-order valence-corrected chi connectivity index (χ4v) is 1.51. The molecule has 5 heteroatoms. The molecule has 2 aromatic carbocycles. The maximum absolute atomic E-state index is 10.7. The molecule has 0 aliphatic heterocycles. The first-order chi connectivity index (χ1) is 7.58. The zero-order valence-corrected chi connectivity index (χ0v) is 9.63. The van der Waals surface area contributed by atoms with Crippen LogP contribution < -0.4 is 0 Å². The van der Waals surface area contributed by atoms with Crippen molar-refractivity contribution in [2.24, 2.45) is 0 Å². The van der Waals surface area contributed by atoms with E-state index in [1.165, 1.54) is 24.3 Å². The van der Waals surface area contributed by atoms with Crippen LogP contribution in [-0.4, -0.2) is 22.2 Å². The van der Waals surface area contributed by atoms with E-state index in [0.717, 1.165) is 0 Å². The Morgan fingerprint density at radius 1 is 0.765 bits per heavy atom.